The smallest absolute Gasteiger partial charge is 0.252 e. The van der Waals surface area contributed by atoms with Gasteiger partial charge in [-0.1, -0.05) is 30.3 Å². The first-order valence-electron chi connectivity index (χ1n) is 10.3. The minimum absolute atomic E-state index is 0.109. The molecular formula is C24H24N4O2. The molecular weight excluding hydrogens is 376 g/mol. The molecule has 4 aromatic rings. The van der Waals surface area contributed by atoms with Gasteiger partial charge in [-0.25, -0.2) is 4.98 Å². The van der Waals surface area contributed by atoms with Crippen LogP contribution in [-0.4, -0.2) is 33.8 Å². The van der Waals surface area contributed by atoms with E-state index in [4.69, 9.17) is 9.72 Å². The van der Waals surface area contributed by atoms with Crippen LogP contribution in [-0.2, 0) is 7.05 Å². The van der Waals surface area contributed by atoms with Crippen LogP contribution in [0.2, 0.25) is 0 Å². The van der Waals surface area contributed by atoms with E-state index in [2.05, 4.69) is 22.5 Å². The molecule has 2 heterocycles. The highest BCUT2D eigenvalue weighted by Crippen LogP contribution is 2.40. The van der Waals surface area contributed by atoms with Crippen molar-refractivity contribution in [1.82, 2.24) is 20.1 Å². The number of fused-ring (bicyclic) bond motifs is 2. The lowest BCUT2D eigenvalue weighted by Crippen LogP contribution is -2.28. The Kier molecular flexibility index (Phi) is 4.62. The quantitative estimate of drug-likeness (QED) is 0.495. The average Bonchev–Trinajstić information content (AvgIpc) is 3.56. The highest BCUT2D eigenvalue weighted by Gasteiger charge is 2.28. The predicted molar refractivity (Wildman–Crippen MR) is 117 cm³/mol. The van der Waals surface area contributed by atoms with Crippen molar-refractivity contribution in [1.29, 1.82) is 0 Å². The number of hydrogen-bond donors (Lipinski definition) is 1. The van der Waals surface area contributed by atoms with Crippen LogP contribution in [0.5, 0.6) is 5.75 Å². The maximum absolute atomic E-state index is 13.0. The standard InChI is InChI=1S/C24H24N4O2/c1-15-22-20(14-21(17-7-8-17)26-23(22)28(2)27-15)24(29)25-11-12-30-19-10-9-16-5-3-4-6-18(16)13-19/h3-6,9-10,13-14,17H,7-8,11-12H2,1-2H3,(H,25,29). The van der Waals surface area contributed by atoms with Crippen molar-refractivity contribution in [3.05, 3.63) is 65.5 Å². The van der Waals surface area contributed by atoms with Crippen molar-refractivity contribution < 1.29 is 9.53 Å². The van der Waals surface area contributed by atoms with Crippen LogP contribution in [0.15, 0.2) is 48.5 Å². The Balaban J connectivity index is 1.28. The van der Waals surface area contributed by atoms with E-state index in [-0.39, 0.29) is 5.91 Å². The number of benzene rings is 2. The zero-order valence-electron chi connectivity index (χ0n) is 17.2. The molecule has 1 fully saturated rings. The van der Waals surface area contributed by atoms with E-state index < -0.39 is 0 Å². The molecule has 0 atom stereocenters. The summed E-state index contributed by atoms with van der Waals surface area (Å²) in [6.45, 7) is 2.74. The summed E-state index contributed by atoms with van der Waals surface area (Å²) >= 11 is 0. The first-order chi connectivity index (χ1) is 14.6. The first-order valence-corrected chi connectivity index (χ1v) is 10.3. The van der Waals surface area contributed by atoms with Crippen LogP contribution >= 0.6 is 0 Å². The molecule has 0 aliphatic heterocycles. The largest absolute Gasteiger partial charge is 0.492 e. The number of nitrogens with zero attached hydrogens (tertiary/aromatic N) is 3. The molecule has 1 aliphatic carbocycles. The second kappa shape index (κ2) is 7.44. The second-order valence-corrected chi connectivity index (χ2v) is 7.89. The highest BCUT2D eigenvalue weighted by molar-refractivity contribution is 6.06. The summed E-state index contributed by atoms with van der Waals surface area (Å²) in [5.41, 5.74) is 3.23. The third kappa shape index (κ3) is 3.49. The van der Waals surface area contributed by atoms with Crippen LogP contribution in [0.4, 0.5) is 0 Å². The normalized spacial score (nSPS) is 13.7. The molecule has 1 N–H and O–H groups in total. The number of ether oxygens (including phenoxy) is 1. The van der Waals surface area contributed by atoms with Gasteiger partial charge >= 0.3 is 0 Å². The van der Waals surface area contributed by atoms with Gasteiger partial charge in [-0.2, -0.15) is 5.10 Å². The number of nitrogens with one attached hydrogen (secondary N) is 1. The third-order valence-corrected chi connectivity index (χ3v) is 5.61. The molecule has 1 aliphatic rings. The van der Waals surface area contributed by atoms with Crippen LogP contribution in [0.1, 0.15) is 40.5 Å². The maximum Gasteiger partial charge on any atom is 0.252 e. The van der Waals surface area contributed by atoms with Gasteiger partial charge in [0.25, 0.3) is 5.91 Å². The average molecular weight is 400 g/mol. The van der Waals surface area contributed by atoms with Gasteiger partial charge in [-0.05, 0) is 48.7 Å². The van der Waals surface area contributed by atoms with Gasteiger partial charge in [0.05, 0.1) is 23.2 Å². The van der Waals surface area contributed by atoms with Crippen LogP contribution in [0, 0.1) is 6.92 Å². The molecule has 6 nitrogen and oxygen atoms in total. The summed E-state index contributed by atoms with van der Waals surface area (Å²) in [6, 6.07) is 16.1. The number of carbonyl (C=O) groups excluding carboxylic acids is 1. The number of rotatable bonds is 6. The van der Waals surface area contributed by atoms with Gasteiger partial charge in [0.15, 0.2) is 5.65 Å². The summed E-state index contributed by atoms with van der Waals surface area (Å²) < 4.78 is 7.60. The number of hydrogen-bond acceptors (Lipinski definition) is 4. The topological polar surface area (TPSA) is 69.0 Å². The lowest BCUT2D eigenvalue weighted by Gasteiger charge is -2.10. The van der Waals surface area contributed by atoms with Crippen molar-refractivity contribution in [2.24, 2.45) is 7.05 Å². The lowest BCUT2D eigenvalue weighted by atomic mass is 10.1. The monoisotopic (exact) mass is 400 g/mol. The fraction of sp³-hybridized carbons (Fsp3) is 0.292. The summed E-state index contributed by atoms with van der Waals surface area (Å²) in [4.78, 5) is 17.7. The molecule has 1 amide bonds. The molecule has 0 saturated heterocycles. The molecule has 6 heteroatoms. The van der Waals surface area contributed by atoms with Gasteiger partial charge in [-0.15, -0.1) is 0 Å². The van der Waals surface area contributed by atoms with Gasteiger partial charge in [0.2, 0.25) is 0 Å². The summed E-state index contributed by atoms with van der Waals surface area (Å²) in [5, 5.41) is 10.6. The fourth-order valence-electron chi connectivity index (χ4n) is 3.92. The second-order valence-electron chi connectivity index (χ2n) is 7.89. The third-order valence-electron chi connectivity index (χ3n) is 5.61. The number of aromatic nitrogens is 3. The Morgan fingerprint density at radius 1 is 1.17 bits per heavy atom. The van der Waals surface area contributed by atoms with Crippen molar-refractivity contribution in [2.75, 3.05) is 13.2 Å². The first kappa shape index (κ1) is 18.6. The van der Waals surface area contributed by atoms with E-state index in [1.807, 2.05) is 50.4 Å². The van der Waals surface area contributed by atoms with E-state index in [9.17, 15) is 4.79 Å². The lowest BCUT2D eigenvalue weighted by molar-refractivity contribution is 0.0948. The molecule has 152 valence electrons. The van der Waals surface area contributed by atoms with E-state index in [1.165, 1.54) is 5.39 Å². The van der Waals surface area contributed by atoms with Crippen molar-refractivity contribution in [2.45, 2.75) is 25.7 Å². The maximum atomic E-state index is 13.0. The SMILES string of the molecule is Cc1nn(C)c2nc(C3CC3)cc(C(=O)NCCOc3ccc4ccccc4c3)c12. The molecule has 0 unspecified atom stereocenters. The van der Waals surface area contributed by atoms with E-state index >= 15 is 0 Å². The molecule has 2 aromatic heterocycles. The molecule has 30 heavy (non-hydrogen) atoms. The van der Waals surface area contributed by atoms with Gasteiger partial charge in [0, 0.05) is 18.7 Å². The number of carbonyl (C=O) groups is 1. The van der Waals surface area contributed by atoms with Gasteiger partial charge in [-0.3, -0.25) is 9.48 Å². The zero-order valence-corrected chi connectivity index (χ0v) is 17.2. The minimum Gasteiger partial charge on any atom is -0.492 e. The number of pyridine rings is 1. The Hall–Kier alpha value is -3.41. The zero-order chi connectivity index (χ0) is 20.7. The number of amides is 1. The summed E-state index contributed by atoms with van der Waals surface area (Å²) in [7, 11) is 1.87. The molecule has 2 aromatic carbocycles. The van der Waals surface area contributed by atoms with Crippen molar-refractivity contribution in [3.8, 4) is 5.75 Å². The molecule has 5 rings (SSSR count). The Morgan fingerprint density at radius 3 is 2.77 bits per heavy atom. The molecule has 0 bridgehead atoms. The van der Waals surface area contributed by atoms with Crippen LogP contribution in [0.3, 0.4) is 0 Å². The Labute approximate surface area is 174 Å². The van der Waals surface area contributed by atoms with Crippen LogP contribution < -0.4 is 10.1 Å². The van der Waals surface area contributed by atoms with E-state index in [0.717, 1.165) is 46.4 Å². The number of aryl methyl sites for hydroxylation is 2. The fourth-order valence-corrected chi connectivity index (χ4v) is 3.92. The van der Waals surface area contributed by atoms with Gasteiger partial charge in [0.1, 0.15) is 12.4 Å². The van der Waals surface area contributed by atoms with Crippen molar-refractivity contribution >= 4 is 27.7 Å². The highest BCUT2D eigenvalue weighted by atomic mass is 16.5. The predicted octanol–water partition coefficient (Wildman–Crippen LogP) is 4.12. The summed E-state index contributed by atoms with van der Waals surface area (Å²) in [6.07, 6.45) is 2.27. The van der Waals surface area contributed by atoms with Gasteiger partial charge < -0.3 is 10.1 Å². The van der Waals surface area contributed by atoms with Crippen LogP contribution in [0.25, 0.3) is 21.8 Å². The molecule has 0 radical (unpaired) electrons. The minimum atomic E-state index is -0.109. The van der Waals surface area contributed by atoms with E-state index in [0.29, 0.717) is 24.6 Å². The molecule has 1 saturated carbocycles. The molecule has 0 spiro atoms. The van der Waals surface area contributed by atoms with E-state index in [1.54, 1.807) is 4.68 Å². The van der Waals surface area contributed by atoms with Crippen molar-refractivity contribution in [3.63, 3.8) is 0 Å². The Bertz CT molecular complexity index is 1260. The Morgan fingerprint density at radius 2 is 1.97 bits per heavy atom. The summed E-state index contributed by atoms with van der Waals surface area (Å²) in [5.74, 6) is 1.16.